The molecule has 2 heterocycles. The molecule has 0 spiro atoms. The molecule has 0 aliphatic rings. The molecule has 35 heavy (non-hydrogen) atoms. The van der Waals surface area contributed by atoms with Gasteiger partial charge in [0.25, 0.3) is 0 Å². The number of nitrogens with zero attached hydrogens (tertiary/aromatic N) is 4. The first-order valence-electron chi connectivity index (χ1n) is 10.8. The molecule has 10 heteroatoms. The van der Waals surface area contributed by atoms with Crippen LogP contribution >= 0.6 is 39.0 Å². The minimum absolute atomic E-state index is 0.162. The first-order chi connectivity index (χ1) is 16.9. The smallest absolute Gasteiger partial charge is 0.236 e. The third kappa shape index (κ3) is 6.59. The molecule has 1 N–H and O–H groups in total. The van der Waals surface area contributed by atoms with E-state index in [1.807, 2.05) is 72.3 Å². The van der Waals surface area contributed by atoms with E-state index >= 15 is 0 Å². The zero-order chi connectivity index (χ0) is 24.8. The molecule has 0 radical (unpaired) electrons. The fourth-order valence-corrected chi connectivity index (χ4v) is 5.08. The van der Waals surface area contributed by atoms with Gasteiger partial charge in [0.2, 0.25) is 5.91 Å². The van der Waals surface area contributed by atoms with E-state index in [0.717, 1.165) is 27.0 Å². The Bertz CT molecular complexity index is 1320. The largest absolute Gasteiger partial charge is 0.483 e. The van der Waals surface area contributed by atoms with Crippen LogP contribution < -0.4 is 10.1 Å². The summed E-state index contributed by atoms with van der Waals surface area (Å²) < 4.78 is 9.00. The number of aryl methyl sites for hydroxylation is 1. The van der Waals surface area contributed by atoms with Crippen LogP contribution in [-0.2, 0) is 11.3 Å². The van der Waals surface area contributed by atoms with Gasteiger partial charge in [-0.1, -0.05) is 58.0 Å². The molecule has 1 unspecified atom stereocenters. The number of aromatic nitrogens is 4. The lowest BCUT2D eigenvalue weighted by Crippen LogP contribution is -2.15. The Morgan fingerprint density at radius 2 is 2.09 bits per heavy atom. The number of nitrogens with one attached hydrogen (secondary N) is 1. The maximum Gasteiger partial charge on any atom is 0.236 e. The Labute approximate surface area is 220 Å². The number of carbonyl (C=O) groups is 1. The highest BCUT2D eigenvalue weighted by atomic mass is 79.9. The van der Waals surface area contributed by atoms with Gasteiger partial charge >= 0.3 is 0 Å². The third-order valence-electron chi connectivity index (χ3n) is 4.95. The summed E-state index contributed by atoms with van der Waals surface area (Å²) in [4.78, 5) is 17.1. The van der Waals surface area contributed by atoms with Crippen LogP contribution in [0.5, 0.6) is 5.75 Å². The summed E-state index contributed by atoms with van der Waals surface area (Å²) >= 11 is 6.14. The average Bonchev–Trinajstić information content (AvgIpc) is 3.46. The van der Waals surface area contributed by atoms with Crippen molar-refractivity contribution in [2.24, 2.45) is 0 Å². The number of benzene rings is 2. The van der Waals surface area contributed by atoms with E-state index in [1.165, 1.54) is 23.1 Å². The van der Waals surface area contributed by atoms with E-state index in [1.54, 1.807) is 6.08 Å². The number of allylic oxidation sites excluding steroid dienone is 1. The number of amides is 1. The Hall–Kier alpha value is -2.95. The lowest BCUT2D eigenvalue weighted by molar-refractivity contribution is -0.113. The average molecular weight is 571 g/mol. The van der Waals surface area contributed by atoms with Crippen molar-refractivity contribution in [3.63, 3.8) is 0 Å². The van der Waals surface area contributed by atoms with Gasteiger partial charge in [0.15, 0.2) is 22.2 Å². The highest BCUT2D eigenvalue weighted by Crippen LogP contribution is 2.28. The number of halogens is 1. The number of ether oxygens (including phenoxy) is 1. The van der Waals surface area contributed by atoms with Crippen molar-refractivity contribution in [1.82, 2.24) is 19.7 Å². The number of thiazole rings is 1. The molecule has 7 nitrogen and oxygen atoms in total. The number of carbonyl (C=O) groups excluding carboxylic acids is 1. The summed E-state index contributed by atoms with van der Waals surface area (Å²) in [5, 5.41) is 14.6. The van der Waals surface area contributed by atoms with Crippen molar-refractivity contribution in [3.05, 3.63) is 82.4 Å². The van der Waals surface area contributed by atoms with Crippen LogP contribution in [0.2, 0.25) is 0 Å². The van der Waals surface area contributed by atoms with Crippen molar-refractivity contribution in [2.75, 3.05) is 11.1 Å². The van der Waals surface area contributed by atoms with Crippen LogP contribution in [0.15, 0.2) is 76.2 Å². The zero-order valence-electron chi connectivity index (χ0n) is 19.3. The van der Waals surface area contributed by atoms with E-state index in [0.29, 0.717) is 22.7 Å². The van der Waals surface area contributed by atoms with Gasteiger partial charge in [-0.25, -0.2) is 4.98 Å². The SMILES string of the molecule is C=CCn1c(SCC(=O)Nc2nc(-c3ccc(Br)cc3)cs2)nnc1C(C)Oc1cccc(C)c1. The molecule has 2 aromatic heterocycles. The van der Waals surface area contributed by atoms with Gasteiger partial charge in [-0.05, 0) is 43.7 Å². The lowest BCUT2D eigenvalue weighted by Gasteiger charge is -2.16. The van der Waals surface area contributed by atoms with Gasteiger partial charge in [0.1, 0.15) is 5.75 Å². The molecular weight excluding hydrogens is 546 g/mol. The Balaban J connectivity index is 1.38. The summed E-state index contributed by atoms with van der Waals surface area (Å²) in [5.74, 6) is 1.46. The van der Waals surface area contributed by atoms with Gasteiger partial charge in [-0.2, -0.15) is 0 Å². The van der Waals surface area contributed by atoms with Gasteiger partial charge < -0.3 is 10.1 Å². The summed E-state index contributed by atoms with van der Waals surface area (Å²) in [6.45, 7) is 8.30. The van der Waals surface area contributed by atoms with E-state index in [-0.39, 0.29) is 17.8 Å². The number of hydrogen-bond acceptors (Lipinski definition) is 7. The molecule has 2 aromatic carbocycles. The van der Waals surface area contributed by atoms with E-state index < -0.39 is 0 Å². The fourth-order valence-electron chi connectivity index (χ4n) is 3.32. The second kappa shape index (κ2) is 11.7. The standard InChI is InChI=1S/C25H24BrN5O2S2/c1-4-12-31-23(17(3)33-20-7-5-6-16(2)13-20)29-30-25(31)35-15-22(32)28-24-27-21(14-34-24)18-8-10-19(26)11-9-18/h4-11,13-14,17H,1,12,15H2,2-3H3,(H,27,28,32). The second-order valence-corrected chi connectivity index (χ2v) is 10.4. The van der Waals surface area contributed by atoms with Crippen molar-refractivity contribution < 1.29 is 9.53 Å². The number of rotatable bonds is 10. The molecule has 0 aliphatic carbocycles. The molecule has 1 atom stereocenters. The Morgan fingerprint density at radius 3 is 2.83 bits per heavy atom. The van der Waals surface area contributed by atoms with Crippen LogP contribution in [0.4, 0.5) is 5.13 Å². The summed E-state index contributed by atoms with van der Waals surface area (Å²) in [6.07, 6.45) is 1.45. The number of anilines is 1. The van der Waals surface area contributed by atoms with Crippen molar-refractivity contribution >= 4 is 50.1 Å². The number of hydrogen-bond donors (Lipinski definition) is 1. The van der Waals surface area contributed by atoms with E-state index in [9.17, 15) is 4.79 Å². The normalized spacial score (nSPS) is 11.7. The number of thioether (sulfide) groups is 1. The van der Waals surface area contributed by atoms with Crippen molar-refractivity contribution in [3.8, 4) is 17.0 Å². The molecule has 4 rings (SSSR count). The van der Waals surface area contributed by atoms with Gasteiger partial charge in [0.05, 0.1) is 11.4 Å². The maximum atomic E-state index is 12.6. The minimum atomic E-state index is -0.320. The van der Waals surface area contributed by atoms with Crippen LogP contribution in [0.1, 0.15) is 24.4 Å². The molecule has 1 amide bonds. The van der Waals surface area contributed by atoms with Gasteiger partial charge in [0, 0.05) is 22.0 Å². The molecule has 0 saturated carbocycles. The van der Waals surface area contributed by atoms with Crippen LogP contribution in [0.25, 0.3) is 11.3 Å². The fraction of sp³-hybridized carbons (Fsp3) is 0.200. The van der Waals surface area contributed by atoms with Crippen LogP contribution in [0.3, 0.4) is 0 Å². The quantitative estimate of drug-likeness (QED) is 0.173. The molecule has 0 aliphatic heterocycles. The Morgan fingerprint density at radius 1 is 1.29 bits per heavy atom. The molecule has 180 valence electrons. The Kier molecular flexibility index (Phi) is 8.37. The van der Waals surface area contributed by atoms with Crippen molar-refractivity contribution in [1.29, 1.82) is 0 Å². The minimum Gasteiger partial charge on any atom is -0.483 e. The van der Waals surface area contributed by atoms with Crippen molar-refractivity contribution in [2.45, 2.75) is 31.7 Å². The lowest BCUT2D eigenvalue weighted by atomic mass is 10.2. The predicted molar refractivity (Wildman–Crippen MR) is 145 cm³/mol. The van der Waals surface area contributed by atoms with Crippen LogP contribution in [-0.4, -0.2) is 31.4 Å². The molecular formula is C25H24BrN5O2S2. The summed E-state index contributed by atoms with van der Waals surface area (Å²) in [7, 11) is 0. The highest BCUT2D eigenvalue weighted by molar-refractivity contribution is 9.10. The predicted octanol–water partition coefficient (Wildman–Crippen LogP) is 6.53. The van der Waals surface area contributed by atoms with Crippen LogP contribution in [0, 0.1) is 6.92 Å². The zero-order valence-corrected chi connectivity index (χ0v) is 22.5. The monoisotopic (exact) mass is 569 g/mol. The summed E-state index contributed by atoms with van der Waals surface area (Å²) in [6, 6.07) is 15.8. The summed E-state index contributed by atoms with van der Waals surface area (Å²) in [5.41, 5.74) is 2.93. The molecule has 4 aromatic rings. The second-order valence-electron chi connectivity index (χ2n) is 7.70. The molecule has 0 bridgehead atoms. The van der Waals surface area contributed by atoms with Gasteiger partial charge in [-0.3, -0.25) is 9.36 Å². The molecule has 0 saturated heterocycles. The van der Waals surface area contributed by atoms with E-state index in [2.05, 4.69) is 43.0 Å². The van der Waals surface area contributed by atoms with E-state index in [4.69, 9.17) is 4.74 Å². The van der Waals surface area contributed by atoms with Gasteiger partial charge in [-0.15, -0.1) is 28.1 Å². The third-order valence-corrected chi connectivity index (χ3v) is 7.20. The molecule has 0 fully saturated rings. The first-order valence-corrected chi connectivity index (χ1v) is 13.5. The maximum absolute atomic E-state index is 12.6. The topological polar surface area (TPSA) is 81.9 Å². The highest BCUT2D eigenvalue weighted by Gasteiger charge is 2.20. The first kappa shape index (κ1) is 25.2.